The first kappa shape index (κ1) is 23.9. The van der Waals surface area contributed by atoms with Gasteiger partial charge in [-0.1, -0.05) is 19.9 Å². The van der Waals surface area contributed by atoms with Crippen LogP contribution in [-0.4, -0.2) is 66.9 Å². The van der Waals surface area contributed by atoms with Crippen LogP contribution >= 0.6 is 0 Å². The summed E-state index contributed by atoms with van der Waals surface area (Å²) in [6, 6.07) is 7.12. The van der Waals surface area contributed by atoms with E-state index >= 15 is 0 Å². The number of nitrogens with zero attached hydrogens (tertiary/aromatic N) is 2. The van der Waals surface area contributed by atoms with Gasteiger partial charge in [0.2, 0.25) is 5.91 Å². The van der Waals surface area contributed by atoms with Crippen molar-refractivity contribution >= 4 is 23.5 Å². The molecule has 7 nitrogen and oxygen atoms in total. The minimum Gasteiger partial charge on any atom is -0.466 e. The molecule has 2 amide bonds. The van der Waals surface area contributed by atoms with E-state index in [1.54, 1.807) is 24.3 Å². The molecule has 1 aliphatic heterocycles. The number of amides is 2. The lowest BCUT2D eigenvalue weighted by atomic mass is 9.97. The Kier molecular flexibility index (Phi) is 9.80. The lowest BCUT2D eigenvalue weighted by Gasteiger charge is -2.30. The lowest BCUT2D eigenvalue weighted by molar-refractivity contribution is -0.149. The minimum absolute atomic E-state index is 0.00385. The zero-order valence-electron chi connectivity index (χ0n) is 18.5. The highest BCUT2D eigenvalue weighted by atomic mass is 16.5. The van der Waals surface area contributed by atoms with Gasteiger partial charge in [-0.25, -0.2) is 0 Å². The smallest absolute Gasteiger partial charge is 0.309 e. The summed E-state index contributed by atoms with van der Waals surface area (Å²) in [6.45, 7) is 9.44. The molecule has 1 aliphatic rings. The van der Waals surface area contributed by atoms with Crippen LogP contribution in [0.25, 0.3) is 0 Å². The third kappa shape index (κ3) is 7.13. The van der Waals surface area contributed by atoms with Gasteiger partial charge < -0.3 is 15.0 Å². The zero-order valence-corrected chi connectivity index (χ0v) is 18.5. The van der Waals surface area contributed by atoms with E-state index in [0.29, 0.717) is 43.8 Å². The number of rotatable bonds is 10. The van der Waals surface area contributed by atoms with Gasteiger partial charge in [0.15, 0.2) is 0 Å². The zero-order chi connectivity index (χ0) is 21.9. The Morgan fingerprint density at radius 1 is 1.10 bits per heavy atom. The summed E-state index contributed by atoms with van der Waals surface area (Å²) in [4.78, 5) is 41.0. The molecule has 0 unspecified atom stereocenters. The van der Waals surface area contributed by atoms with Crippen molar-refractivity contribution in [3.8, 4) is 0 Å². The van der Waals surface area contributed by atoms with Gasteiger partial charge >= 0.3 is 5.97 Å². The van der Waals surface area contributed by atoms with Crippen LogP contribution in [-0.2, 0) is 14.3 Å². The molecule has 166 valence electrons. The van der Waals surface area contributed by atoms with Crippen molar-refractivity contribution in [2.45, 2.75) is 46.5 Å². The molecule has 1 saturated heterocycles. The summed E-state index contributed by atoms with van der Waals surface area (Å²) in [5, 5.41) is 2.90. The molecule has 2 rings (SSSR count). The summed E-state index contributed by atoms with van der Waals surface area (Å²) in [7, 11) is 0. The normalized spacial score (nSPS) is 14.9. The Morgan fingerprint density at radius 3 is 2.37 bits per heavy atom. The van der Waals surface area contributed by atoms with Crippen molar-refractivity contribution in [1.82, 2.24) is 9.80 Å². The quantitative estimate of drug-likeness (QED) is 0.592. The fourth-order valence-electron chi connectivity index (χ4n) is 3.76. The molecule has 1 aromatic carbocycles. The molecule has 1 aromatic rings. The first-order valence-electron chi connectivity index (χ1n) is 11.1. The number of likely N-dealkylation sites (tertiary alicyclic amines) is 1. The summed E-state index contributed by atoms with van der Waals surface area (Å²) in [5.41, 5.74) is 1.21. The molecule has 0 atom stereocenters. The maximum atomic E-state index is 12.8. The van der Waals surface area contributed by atoms with Crippen molar-refractivity contribution in [3.05, 3.63) is 29.8 Å². The average molecular weight is 418 g/mol. The fourth-order valence-corrected chi connectivity index (χ4v) is 3.76. The predicted octanol–water partition coefficient (Wildman–Crippen LogP) is 3.16. The molecule has 1 heterocycles. The molecule has 0 saturated carbocycles. The van der Waals surface area contributed by atoms with E-state index < -0.39 is 0 Å². The van der Waals surface area contributed by atoms with Crippen LogP contribution in [0.3, 0.4) is 0 Å². The Labute approximate surface area is 179 Å². The number of ether oxygens (including phenoxy) is 1. The third-order valence-electron chi connectivity index (χ3n) is 5.24. The van der Waals surface area contributed by atoms with Gasteiger partial charge in [-0.15, -0.1) is 0 Å². The third-order valence-corrected chi connectivity index (χ3v) is 5.24. The molecule has 0 spiro atoms. The van der Waals surface area contributed by atoms with Crippen LogP contribution in [0.5, 0.6) is 0 Å². The molecule has 30 heavy (non-hydrogen) atoms. The number of piperidine rings is 1. The number of benzene rings is 1. The second-order valence-corrected chi connectivity index (χ2v) is 7.72. The van der Waals surface area contributed by atoms with Gasteiger partial charge in [0, 0.05) is 24.3 Å². The molecule has 0 aromatic heterocycles. The molecule has 0 radical (unpaired) electrons. The number of carbonyl (C=O) groups is 3. The predicted molar refractivity (Wildman–Crippen MR) is 117 cm³/mol. The van der Waals surface area contributed by atoms with E-state index in [1.165, 1.54) is 0 Å². The van der Waals surface area contributed by atoms with Crippen LogP contribution in [0.4, 0.5) is 5.69 Å². The number of hydrogen-bond acceptors (Lipinski definition) is 5. The van der Waals surface area contributed by atoms with Crippen molar-refractivity contribution in [2.75, 3.05) is 44.6 Å². The van der Waals surface area contributed by atoms with Crippen LogP contribution in [0.2, 0.25) is 0 Å². The van der Waals surface area contributed by atoms with Gasteiger partial charge in [0.05, 0.1) is 19.1 Å². The first-order chi connectivity index (χ1) is 14.5. The van der Waals surface area contributed by atoms with Crippen molar-refractivity contribution in [3.63, 3.8) is 0 Å². The molecule has 1 N–H and O–H groups in total. The van der Waals surface area contributed by atoms with Crippen LogP contribution in [0, 0.1) is 5.92 Å². The highest BCUT2D eigenvalue weighted by Crippen LogP contribution is 2.19. The minimum atomic E-state index is -0.136. The number of hydrogen-bond donors (Lipinski definition) is 1. The van der Waals surface area contributed by atoms with Gasteiger partial charge in [-0.3, -0.25) is 19.3 Å². The lowest BCUT2D eigenvalue weighted by Crippen LogP contribution is -2.41. The molecule has 0 bridgehead atoms. The summed E-state index contributed by atoms with van der Waals surface area (Å²) < 4.78 is 5.09. The highest BCUT2D eigenvalue weighted by molar-refractivity contribution is 5.97. The first-order valence-corrected chi connectivity index (χ1v) is 11.1. The molecule has 0 aliphatic carbocycles. The summed E-state index contributed by atoms with van der Waals surface area (Å²) >= 11 is 0. The Morgan fingerprint density at radius 2 is 1.77 bits per heavy atom. The van der Waals surface area contributed by atoms with Crippen molar-refractivity contribution < 1.29 is 19.1 Å². The fraction of sp³-hybridized carbons (Fsp3) is 0.609. The largest absolute Gasteiger partial charge is 0.466 e. The van der Waals surface area contributed by atoms with Gasteiger partial charge in [0.25, 0.3) is 5.91 Å². The SMILES string of the molecule is CCCN(CCC)C(=O)c1cccc(NC(=O)CN2CCC(C(=O)OCC)CC2)c1. The van der Waals surface area contributed by atoms with E-state index in [9.17, 15) is 14.4 Å². The second kappa shape index (κ2) is 12.3. The summed E-state index contributed by atoms with van der Waals surface area (Å²) in [5.74, 6) is -0.326. The number of carbonyl (C=O) groups excluding carboxylic acids is 3. The van der Waals surface area contributed by atoms with E-state index in [4.69, 9.17) is 4.74 Å². The molecule has 1 fully saturated rings. The summed E-state index contributed by atoms with van der Waals surface area (Å²) in [6.07, 6.45) is 3.24. The van der Waals surface area contributed by atoms with E-state index in [1.807, 2.05) is 16.7 Å². The maximum Gasteiger partial charge on any atom is 0.309 e. The highest BCUT2D eigenvalue weighted by Gasteiger charge is 2.26. The number of anilines is 1. The maximum absolute atomic E-state index is 12.8. The van der Waals surface area contributed by atoms with Crippen LogP contribution < -0.4 is 5.32 Å². The Balaban J connectivity index is 1.88. The average Bonchev–Trinajstić information content (AvgIpc) is 2.74. The number of esters is 1. The standard InChI is InChI=1S/C23H35N3O4/c1-4-12-26(13-5-2)22(28)19-8-7-9-20(16-19)24-21(27)17-25-14-10-18(11-15-25)23(29)30-6-3/h7-9,16,18H,4-6,10-15,17H2,1-3H3,(H,24,27). The van der Waals surface area contributed by atoms with E-state index in [2.05, 4.69) is 19.2 Å². The topological polar surface area (TPSA) is 79.0 Å². The van der Waals surface area contributed by atoms with Crippen molar-refractivity contribution in [2.24, 2.45) is 5.92 Å². The monoisotopic (exact) mass is 417 g/mol. The molecule has 7 heteroatoms. The molecular formula is C23H35N3O4. The van der Waals surface area contributed by atoms with Gasteiger partial charge in [0.1, 0.15) is 0 Å². The Bertz CT molecular complexity index is 708. The van der Waals surface area contributed by atoms with Crippen LogP contribution in [0.15, 0.2) is 24.3 Å². The van der Waals surface area contributed by atoms with E-state index in [-0.39, 0.29) is 30.2 Å². The van der Waals surface area contributed by atoms with Crippen LogP contribution in [0.1, 0.15) is 56.8 Å². The molecular weight excluding hydrogens is 382 g/mol. The second-order valence-electron chi connectivity index (χ2n) is 7.72. The van der Waals surface area contributed by atoms with E-state index in [0.717, 1.165) is 25.9 Å². The number of nitrogens with one attached hydrogen (secondary N) is 1. The van der Waals surface area contributed by atoms with Gasteiger partial charge in [-0.2, -0.15) is 0 Å². The van der Waals surface area contributed by atoms with Gasteiger partial charge in [-0.05, 0) is 63.9 Å². The Hall–Kier alpha value is -2.41. The van der Waals surface area contributed by atoms with Crippen molar-refractivity contribution in [1.29, 1.82) is 0 Å².